The standard InChI is InChI=1S/C14H17N3OS/c1-4-18-14(2,3)9-17-11-7-5-6-10(8-15)12(11)16-13(17)19/h5-7H,4,9H2,1-3H3,(H,16,19). The predicted molar refractivity (Wildman–Crippen MR) is 77.5 cm³/mol. The molecule has 0 fully saturated rings. The summed E-state index contributed by atoms with van der Waals surface area (Å²) in [6.45, 7) is 7.35. The van der Waals surface area contributed by atoms with Gasteiger partial charge in [0.15, 0.2) is 4.77 Å². The highest BCUT2D eigenvalue weighted by molar-refractivity contribution is 7.71. The SMILES string of the molecule is CCOC(C)(C)Cn1c(=S)[nH]c2c(C#N)cccc21. The Kier molecular flexibility index (Phi) is 3.74. The Labute approximate surface area is 117 Å². The highest BCUT2D eigenvalue weighted by Gasteiger charge is 2.20. The summed E-state index contributed by atoms with van der Waals surface area (Å²) in [5.41, 5.74) is 2.04. The molecule has 2 aromatic rings. The van der Waals surface area contributed by atoms with Crippen molar-refractivity contribution < 1.29 is 4.74 Å². The van der Waals surface area contributed by atoms with Crippen LogP contribution < -0.4 is 0 Å². The third-order valence-corrected chi connectivity index (χ3v) is 3.33. The van der Waals surface area contributed by atoms with Crippen molar-refractivity contribution in [2.24, 2.45) is 0 Å². The van der Waals surface area contributed by atoms with Crippen LogP contribution >= 0.6 is 12.2 Å². The lowest BCUT2D eigenvalue weighted by Crippen LogP contribution is -2.30. The van der Waals surface area contributed by atoms with Gasteiger partial charge in [-0.25, -0.2) is 0 Å². The van der Waals surface area contributed by atoms with E-state index < -0.39 is 0 Å². The Morgan fingerprint density at radius 2 is 2.21 bits per heavy atom. The topological polar surface area (TPSA) is 53.7 Å². The third-order valence-electron chi connectivity index (χ3n) is 3.00. The summed E-state index contributed by atoms with van der Waals surface area (Å²) in [5, 5.41) is 9.11. The fraction of sp³-hybridized carbons (Fsp3) is 0.429. The van der Waals surface area contributed by atoms with E-state index in [-0.39, 0.29) is 5.60 Å². The lowest BCUT2D eigenvalue weighted by Gasteiger charge is -2.25. The van der Waals surface area contributed by atoms with Crippen LogP contribution in [0.5, 0.6) is 0 Å². The highest BCUT2D eigenvalue weighted by atomic mass is 32.1. The van der Waals surface area contributed by atoms with Crippen molar-refractivity contribution in [3.63, 3.8) is 0 Å². The van der Waals surface area contributed by atoms with Gasteiger partial charge >= 0.3 is 0 Å². The number of aromatic nitrogens is 2. The zero-order valence-corrected chi connectivity index (χ0v) is 12.2. The van der Waals surface area contributed by atoms with Crippen LogP contribution in [0, 0.1) is 16.1 Å². The molecule has 19 heavy (non-hydrogen) atoms. The average molecular weight is 275 g/mol. The van der Waals surface area contributed by atoms with Crippen LogP contribution in [0.1, 0.15) is 26.3 Å². The monoisotopic (exact) mass is 275 g/mol. The van der Waals surface area contributed by atoms with E-state index in [4.69, 9.17) is 22.2 Å². The minimum Gasteiger partial charge on any atom is -0.374 e. The molecule has 1 aromatic heterocycles. The number of benzene rings is 1. The molecule has 5 heteroatoms. The molecule has 0 bridgehead atoms. The minimum absolute atomic E-state index is 0.301. The number of rotatable bonds is 4. The van der Waals surface area contributed by atoms with Crippen LogP contribution in [-0.2, 0) is 11.3 Å². The second kappa shape index (κ2) is 5.16. The summed E-state index contributed by atoms with van der Waals surface area (Å²) in [4.78, 5) is 3.11. The van der Waals surface area contributed by atoms with Crippen molar-refractivity contribution in [3.8, 4) is 6.07 Å². The molecule has 0 aliphatic carbocycles. The van der Waals surface area contributed by atoms with Gasteiger partial charge in [-0.2, -0.15) is 5.26 Å². The molecule has 4 nitrogen and oxygen atoms in total. The van der Waals surface area contributed by atoms with Gasteiger partial charge < -0.3 is 14.3 Å². The van der Waals surface area contributed by atoms with Crippen molar-refractivity contribution in [3.05, 3.63) is 28.5 Å². The molecule has 1 aromatic carbocycles. The molecule has 0 saturated carbocycles. The maximum atomic E-state index is 9.11. The molecule has 2 rings (SSSR count). The number of hydrogen-bond acceptors (Lipinski definition) is 3. The summed E-state index contributed by atoms with van der Waals surface area (Å²) in [6, 6.07) is 7.79. The quantitative estimate of drug-likeness (QED) is 0.870. The van der Waals surface area contributed by atoms with E-state index in [2.05, 4.69) is 11.1 Å². The van der Waals surface area contributed by atoms with Crippen LogP contribution in [0.4, 0.5) is 0 Å². The molecule has 1 N–H and O–H groups in total. The smallest absolute Gasteiger partial charge is 0.178 e. The first-order valence-electron chi connectivity index (χ1n) is 6.24. The molecular weight excluding hydrogens is 258 g/mol. The molecule has 100 valence electrons. The minimum atomic E-state index is -0.301. The van der Waals surface area contributed by atoms with Crippen LogP contribution in [0.15, 0.2) is 18.2 Å². The van der Waals surface area contributed by atoms with Gasteiger partial charge in [-0.15, -0.1) is 0 Å². The molecule has 0 amide bonds. The molecule has 0 aliphatic rings. The Morgan fingerprint density at radius 3 is 2.84 bits per heavy atom. The number of hydrogen-bond donors (Lipinski definition) is 1. The summed E-state index contributed by atoms with van der Waals surface area (Å²) >= 11 is 5.36. The van der Waals surface area contributed by atoms with Crippen molar-refractivity contribution in [2.45, 2.75) is 32.9 Å². The van der Waals surface area contributed by atoms with Crippen LogP contribution in [0.25, 0.3) is 11.0 Å². The van der Waals surface area contributed by atoms with Crippen molar-refractivity contribution in [2.75, 3.05) is 6.61 Å². The van der Waals surface area contributed by atoms with Crippen molar-refractivity contribution in [1.29, 1.82) is 5.26 Å². The second-order valence-electron chi connectivity index (χ2n) is 5.02. The zero-order valence-electron chi connectivity index (χ0n) is 11.4. The lowest BCUT2D eigenvalue weighted by atomic mass is 10.1. The van der Waals surface area contributed by atoms with Gasteiger partial charge in [-0.3, -0.25) is 0 Å². The van der Waals surface area contributed by atoms with E-state index in [9.17, 15) is 0 Å². The van der Waals surface area contributed by atoms with E-state index in [1.165, 1.54) is 0 Å². The maximum absolute atomic E-state index is 9.11. The zero-order chi connectivity index (χ0) is 14.0. The summed E-state index contributed by atoms with van der Waals surface area (Å²) < 4.78 is 8.32. The lowest BCUT2D eigenvalue weighted by molar-refractivity contribution is -0.0219. The number of H-pyrrole nitrogens is 1. The van der Waals surface area contributed by atoms with Gasteiger partial charge in [-0.1, -0.05) is 6.07 Å². The van der Waals surface area contributed by atoms with E-state index in [1.54, 1.807) is 6.07 Å². The van der Waals surface area contributed by atoms with Gasteiger partial charge in [0.2, 0.25) is 0 Å². The van der Waals surface area contributed by atoms with Crippen molar-refractivity contribution in [1.82, 2.24) is 9.55 Å². The summed E-state index contributed by atoms with van der Waals surface area (Å²) in [6.07, 6.45) is 0. The molecular formula is C14H17N3OS. The Balaban J connectivity index is 2.54. The predicted octanol–water partition coefficient (Wildman–Crippen LogP) is 3.39. The first-order chi connectivity index (χ1) is 8.98. The fourth-order valence-corrected chi connectivity index (χ4v) is 2.51. The van der Waals surface area contributed by atoms with E-state index in [0.29, 0.717) is 23.5 Å². The van der Waals surface area contributed by atoms with Crippen LogP contribution in [0.3, 0.4) is 0 Å². The Hall–Kier alpha value is -1.64. The van der Waals surface area contributed by atoms with Crippen LogP contribution in [0.2, 0.25) is 0 Å². The fourth-order valence-electron chi connectivity index (χ4n) is 2.25. The number of aromatic amines is 1. The van der Waals surface area contributed by atoms with E-state index in [0.717, 1.165) is 11.0 Å². The number of fused-ring (bicyclic) bond motifs is 1. The summed E-state index contributed by atoms with van der Waals surface area (Å²) in [7, 11) is 0. The van der Waals surface area contributed by atoms with Gasteiger partial charge in [0, 0.05) is 6.61 Å². The first-order valence-corrected chi connectivity index (χ1v) is 6.65. The van der Waals surface area contributed by atoms with Gasteiger partial charge in [0.1, 0.15) is 6.07 Å². The number of nitriles is 1. The first kappa shape index (κ1) is 13.8. The van der Waals surface area contributed by atoms with E-state index in [1.807, 2.05) is 37.5 Å². The Morgan fingerprint density at radius 1 is 1.47 bits per heavy atom. The number of para-hydroxylation sites is 1. The largest absolute Gasteiger partial charge is 0.374 e. The average Bonchev–Trinajstić information content (AvgIpc) is 2.65. The number of imidazole rings is 1. The number of ether oxygens (including phenoxy) is 1. The Bertz CT molecular complexity index is 691. The van der Waals surface area contributed by atoms with Gasteiger partial charge in [-0.05, 0) is 45.1 Å². The normalized spacial score (nSPS) is 11.7. The number of nitrogens with zero attached hydrogens (tertiary/aromatic N) is 2. The molecule has 0 spiro atoms. The molecule has 0 saturated heterocycles. The van der Waals surface area contributed by atoms with Gasteiger partial charge in [0.25, 0.3) is 0 Å². The molecule has 0 unspecified atom stereocenters. The summed E-state index contributed by atoms with van der Waals surface area (Å²) in [5.74, 6) is 0. The molecule has 0 radical (unpaired) electrons. The number of nitrogens with one attached hydrogen (secondary N) is 1. The van der Waals surface area contributed by atoms with E-state index >= 15 is 0 Å². The maximum Gasteiger partial charge on any atom is 0.178 e. The second-order valence-corrected chi connectivity index (χ2v) is 5.41. The third kappa shape index (κ3) is 2.70. The van der Waals surface area contributed by atoms with Crippen LogP contribution in [-0.4, -0.2) is 21.8 Å². The molecule has 0 atom stereocenters. The molecule has 1 heterocycles. The van der Waals surface area contributed by atoms with Gasteiger partial charge in [0.05, 0.1) is 28.7 Å². The van der Waals surface area contributed by atoms with Crippen molar-refractivity contribution >= 4 is 23.3 Å². The molecule has 0 aliphatic heterocycles. The highest BCUT2D eigenvalue weighted by Crippen LogP contribution is 2.21.